The first-order valence-corrected chi connectivity index (χ1v) is 10.9. The van der Waals surface area contributed by atoms with Gasteiger partial charge in [0.1, 0.15) is 0 Å². The standard InChI is InChI=1S/C20H34N2O3S/c1-6-7-10-17-12-14-18(15-13-17)22(5)19(23)11-8-9-16-21-26(24,25)20(2,3)4/h12-15,21H,6-11,16H2,1-5H3. The summed E-state index contributed by atoms with van der Waals surface area (Å²) in [5.74, 6) is 0.0463. The molecular formula is C20H34N2O3S. The molecule has 1 aromatic rings. The molecule has 0 aromatic heterocycles. The van der Waals surface area contributed by atoms with E-state index in [1.54, 1.807) is 32.7 Å². The number of hydrogen-bond acceptors (Lipinski definition) is 3. The third-order valence-electron chi connectivity index (χ3n) is 4.43. The second-order valence-electron chi connectivity index (χ2n) is 7.69. The largest absolute Gasteiger partial charge is 0.316 e. The van der Waals surface area contributed by atoms with Gasteiger partial charge < -0.3 is 4.90 Å². The molecule has 0 heterocycles. The Morgan fingerprint density at radius 2 is 1.69 bits per heavy atom. The highest BCUT2D eigenvalue weighted by atomic mass is 32.2. The van der Waals surface area contributed by atoms with Crippen LogP contribution in [-0.2, 0) is 21.2 Å². The highest BCUT2D eigenvalue weighted by Gasteiger charge is 2.28. The number of benzene rings is 1. The van der Waals surface area contributed by atoms with E-state index in [9.17, 15) is 13.2 Å². The van der Waals surface area contributed by atoms with Crippen molar-refractivity contribution in [2.45, 2.75) is 71.0 Å². The molecule has 0 bridgehead atoms. The SMILES string of the molecule is CCCCc1ccc(N(C)C(=O)CCCCNS(=O)(=O)C(C)(C)C)cc1. The highest BCUT2D eigenvalue weighted by Crippen LogP contribution is 2.17. The molecule has 0 aliphatic carbocycles. The second kappa shape index (κ2) is 10.1. The van der Waals surface area contributed by atoms with Crippen molar-refractivity contribution in [3.63, 3.8) is 0 Å². The summed E-state index contributed by atoms with van der Waals surface area (Å²) in [7, 11) is -1.53. The lowest BCUT2D eigenvalue weighted by molar-refractivity contribution is -0.118. The van der Waals surface area contributed by atoms with Crippen molar-refractivity contribution in [1.29, 1.82) is 0 Å². The lowest BCUT2D eigenvalue weighted by atomic mass is 10.1. The molecule has 6 heteroatoms. The van der Waals surface area contributed by atoms with Gasteiger partial charge in [-0.05, 0) is 64.2 Å². The lowest BCUT2D eigenvalue weighted by Gasteiger charge is -2.20. The van der Waals surface area contributed by atoms with E-state index in [0.29, 0.717) is 25.8 Å². The first kappa shape index (κ1) is 22.6. The van der Waals surface area contributed by atoms with Crippen molar-refractivity contribution >= 4 is 21.6 Å². The summed E-state index contributed by atoms with van der Waals surface area (Å²) in [6.07, 6.45) is 5.12. The van der Waals surface area contributed by atoms with Crippen molar-refractivity contribution in [3.8, 4) is 0 Å². The zero-order chi connectivity index (χ0) is 19.8. The summed E-state index contributed by atoms with van der Waals surface area (Å²) in [6.45, 7) is 7.54. The normalized spacial score (nSPS) is 12.2. The van der Waals surface area contributed by atoms with Crippen LogP contribution >= 0.6 is 0 Å². The zero-order valence-electron chi connectivity index (χ0n) is 16.8. The predicted octanol–water partition coefficient (Wildman–Crippen LogP) is 3.88. The first-order chi connectivity index (χ1) is 12.1. The van der Waals surface area contributed by atoms with Crippen LogP contribution < -0.4 is 9.62 Å². The fraction of sp³-hybridized carbons (Fsp3) is 0.650. The molecule has 0 aliphatic heterocycles. The molecule has 1 aromatic carbocycles. The third-order valence-corrected chi connectivity index (χ3v) is 6.63. The van der Waals surface area contributed by atoms with Gasteiger partial charge in [0.25, 0.3) is 0 Å². The van der Waals surface area contributed by atoms with Crippen molar-refractivity contribution in [2.24, 2.45) is 0 Å². The van der Waals surface area contributed by atoms with Gasteiger partial charge in [-0.15, -0.1) is 0 Å². The number of hydrogen-bond donors (Lipinski definition) is 1. The van der Waals surface area contributed by atoms with Gasteiger partial charge in [-0.25, -0.2) is 13.1 Å². The van der Waals surface area contributed by atoms with Crippen LogP contribution in [-0.4, -0.2) is 32.7 Å². The van der Waals surface area contributed by atoms with E-state index in [1.165, 1.54) is 18.4 Å². The van der Waals surface area contributed by atoms with Gasteiger partial charge in [-0.2, -0.15) is 0 Å². The van der Waals surface area contributed by atoms with E-state index in [0.717, 1.165) is 12.1 Å². The van der Waals surface area contributed by atoms with Gasteiger partial charge in [0, 0.05) is 25.7 Å². The molecule has 26 heavy (non-hydrogen) atoms. The Hall–Kier alpha value is -1.40. The van der Waals surface area contributed by atoms with Crippen LogP contribution in [0.1, 0.15) is 65.4 Å². The van der Waals surface area contributed by atoms with E-state index in [1.807, 2.05) is 12.1 Å². The van der Waals surface area contributed by atoms with Crippen molar-refractivity contribution in [3.05, 3.63) is 29.8 Å². The number of carbonyl (C=O) groups is 1. The molecule has 0 radical (unpaired) electrons. The predicted molar refractivity (Wildman–Crippen MR) is 109 cm³/mol. The Bertz CT molecular complexity index is 661. The Morgan fingerprint density at radius 1 is 1.08 bits per heavy atom. The summed E-state index contributed by atoms with van der Waals surface area (Å²) >= 11 is 0. The summed E-state index contributed by atoms with van der Waals surface area (Å²) in [5, 5.41) is 0. The quantitative estimate of drug-likeness (QED) is 0.625. The molecule has 0 atom stereocenters. The van der Waals surface area contributed by atoms with Gasteiger partial charge in [0.05, 0.1) is 4.75 Å². The summed E-state index contributed by atoms with van der Waals surface area (Å²) in [4.78, 5) is 14.0. The van der Waals surface area contributed by atoms with Crippen LogP contribution in [0.5, 0.6) is 0 Å². The number of anilines is 1. The first-order valence-electron chi connectivity index (χ1n) is 9.43. The molecule has 0 saturated carbocycles. The molecule has 0 saturated heterocycles. The van der Waals surface area contributed by atoms with E-state index >= 15 is 0 Å². The van der Waals surface area contributed by atoms with Gasteiger partial charge in [0.2, 0.25) is 15.9 Å². The van der Waals surface area contributed by atoms with Gasteiger partial charge in [-0.3, -0.25) is 4.79 Å². The molecule has 0 aliphatic rings. The van der Waals surface area contributed by atoms with Crippen LogP contribution in [0.2, 0.25) is 0 Å². The number of aryl methyl sites for hydroxylation is 1. The smallest absolute Gasteiger partial charge is 0.226 e. The number of sulfonamides is 1. The number of carbonyl (C=O) groups excluding carboxylic acids is 1. The second-order valence-corrected chi connectivity index (χ2v) is 10.2. The highest BCUT2D eigenvalue weighted by molar-refractivity contribution is 7.90. The number of amides is 1. The minimum Gasteiger partial charge on any atom is -0.316 e. The third kappa shape index (κ3) is 7.08. The number of nitrogens with zero attached hydrogens (tertiary/aromatic N) is 1. The van der Waals surface area contributed by atoms with Crippen molar-refractivity contribution in [1.82, 2.24) is 4.72 Å². The molecular weight excluding hydrogens is 348 g/mol. The number of rotatable bonds is 10. The van der Waals surface area contributed by atoms with E-state index < -0.39 is 14.8 Å². The average Bonchev–Trinajstić information content (AvgIpc) is 2.58. The van der Waals surface area contributed by atoms with Gasteiger partial charge >= 0.3 is 0 Å². The van der Waals surface area contributed by atoms with Gasteiger partial charge in [0.15, 0.2) is 0 Å². The Morgan fingerprint density at radius 3 is 2.23 bits per heavy atom. The number of unbranched alkanes of at least 4 members (excludes halogenated alkanes) is 2. The Labute approximate surface area is 159 Å². The minimum atomic E-state index is -3.31. The van der Waals surface area contributed by atoms with E-state index in [2.05, 4.69) is 23.8 Å². The molecule has 0 fully saturated rings. The van der Waals surface area contributed by atoms with Crippen molar-refractivity contribution in [2.75, 3.05) is 18.5 Å². The molecule has 1 rings (SSSR count). The van der Waals surface area contributed by atoms with Crippen LogP contribution in [0, 0.1) is 0 Å². The van der Waals surface area contributed by atoms with Crippen LogP contribution in [0.15, 0.2) is 24.3 Å². The van der Waals surface area contributed by atoms with Crippen LogP contribution in [0.25, 0.3) is 0 Å². The van der Waals surface area contributed by atoms with Gasteiger partial charge in [-0.1, -0.05) is 25.5 Å². The maximum Gasteiger partial charge on any atom is 0.226 e. The monoisotopic (exact) mass is 382 g/mol. The molecule has 1 amide bonds. The maximum atomic E-state index is 12.3. The number of nitrogens with one attached hydrogen (secondary N) is 1. The van der Waals surface area contributed by atoms with E-state index in [-0.39, 0.29) is 5.91 Å². The van der Waals surface area contributed by atoms with Crippen LogP contribution in [0.4, 0.5) is 5.69 Å². The summed E-state index contributed by atoms with van der Waals surface area (Å²) in [6, 6.07) is 8.13. The van der Waals surface area contributed by atoms with Crippen LogP contribution in [0.3, 0.4) is 0 Å². The van der Waals surface area contributed by atoms with E-state index in [4.69, 9.17) is 0 Å². The Balaban J connectivity index is 2.39. The minimum absolute atomic E-state index is 0.0463. The molecule has 148 valence electrons. The molecule has 0 spiro atoms. The fourth-order valence-electron chi connectivity index (χ4n) is 2.40. The average molecular weight is 383 g/mol. The zero-order valence-corrected chi connectivity index (χ0v) is 17.7. The molecule has 1 N–H and O–H groups in total. The summed E-state index contributed by atoms with van der Waals surface area (Å²) in [5.41, 5.74) is 2.19. The lowest BCUT2D eigenvalue weighted by Crippen LogP contribution is -2.39. The topological polar surface area (TPSA) is 66.5 Å². The summed E-state index contributed by atoms with van der Waals surface area (Å²) < 4.78 is 25.7. The van der Waals surface area contributed by atoms with Crippen molar-refractivity contribution < 1.29 is 13.2 Å². The maximum absolute atomic E-state index is 12.3. The molecule has 5 nitrogen and oxygen atoms in total. The fourth-order valence-corrected chi connectivity index (χ4v) is 3.25. The Kier molecular flexibility index (Phi) is 8.77. The molecule has 0 unspecified atom stereocenters.